The van der Waals surface area contributed by atoms with Crippen molar-refractivity contribution >= 4 is 22.6 Å². The van der Waals surface area contributed by atoms with Crippen molar-refractivity contribution in [3.63, 3.8) is 0 Å². The van der Waals surface area contributed by atoms with Gasteiger partial charge in [0.2, 0.25) is 6.79 Å². The lowest BCUT2D eigenvalue weighted by atomic mass is 10.1. The van der Waals surface area contributed by atoms with Crippen LogP contribution in [-0.4, -0.2) is 12.7 Å². The molecule has 28 heavy (non-hydrogen) atoms. The van der Waals surface area contributed by atoms with Crippen molar-refractivity contribution in [2.45, 2.75) is 6.54 Å². The van der Waals surface area contributed by atoms with E-state index in [2.05, 4.69) is 0 Å². The molecular formula is C23H17NO4. The topological polar surface area (TPSA) is 51.9 Å². The van der Waals surface area contributed by atoms with E-state index < -0.39 is 0 Å². The summed E-state index contributed by atoms with van der Waals surface area (Å²) in [5.74, 6) is 1.53. The molecule has 0 aliphatic carbocycles. The molecule has 0 fully saturated rings. The van der Waals surface area contributed by atoms with Crippen molar-refractivity contribution in [2.24, 2.45) is 0 Å². The minimum Gasteiger partial charge on any atom is -0.454 e. The third kappa shape index (κ3) is 2.97. The first-order valence-electron chi connectivity index (χ1n) is 9.02. The Bertz CT molecular complexity index is 1120. The molecule has 1 aliphatic rings. The van der Waals surface area contributed by atoms with E-state index in [1.54, 1.807) is 11.0 Å². The monoisotopic (exact) mass is 371 g/mol. The molecule has 0 spiro atoms. The van der Waals surface area contributed by atoms with E-state index in [9.17, 15) is 4.79 Å². The SMILES string of the molecule is O=C(c1cc2ccccc2o1)N(Cc1ccc2c(c1)OCO2)c1ccccc1. The van der Waals surface area contributed by atoms with Gasteiger partial charge in [-0.1, -0.05) is 42.5 Å². The minimum atomic E-state index is -0.194. The van der Waals surface area contributed by atoms with Crippen LogP contribution in [0.4, 0.5) is 5.69 Å². The Balaban J connectivity index is 1.52. The Labute approximate surface area is 161 Å². The van der Waals surface area contributed by atoms with Gasteiger partial charge in [0.1, 0.15) is 5.58 Å². The molecule has 1 aromatic heterocycles. The van der Waals surface area contributed by atoms with Crippen LogP contribution in [0.2, 0.25) is 0 Å². The van der Waals surface area contributed by atoms with Gasteiger partial charge in [0, 0.05) is 11.1 Å². The molecule has 1 aliphatic heterocycles. The maximum Gasteiger partial charge on any atom is 0.294 e. The zero-order valence-corrected chi connectivity index (χ0v) is 15.0. The Morgan fingerprint density at radius 1 is 0.857 bits per heavy atom. The van der Waals surface area contributed by atoms with Crippen molar-refractivity contribution in [3.8, 4) is 11.5 Å². The first kappa shape index (κ1) is 16.4. The van der Waals surface area contributed by atoms with Gasteiger partial charge in [0.15, 0.2) is 17.3 Å². The second kappa shape index (κ2) is 6.78. The third-order valence-electron chi connectivity index (χ3n) is 4.73. The van der Waals surface area contributed by atoms with E-state index in [4.69, 9.17) is 13.9 Å². The second-order valence-corrected chi connectivity index (χ2v) is 6.56. The molecule has 138 valence electrons. The van der Waals surface area contributed by atoms with Gasteiger partial charge in [-0.2, -0.15) is 0 Å². The molecule has 0 saturated carbocycles. The Morgan fingerprint density at radius 2 is 1.64 bits per heavy atom. The number of hydrogen-bond donors (Lipinski definition) is 0. The van der Waals surface area contributed by atoms with Gasteiger partial charge < -0.3 is 18.8 Å². The van der Waals surface area contributed by atoms with Gasteiger partial charge in [-0.05, 0) is 42.0 Å². The van der Waals surface area contributed by atoms with Gasteiger partial charge in [-0.15, -0.1) is 0 Å². The molecule has 0 saturated heterocycles. The first-order chi connectivity index (χ1) is 13.8. The summed E-state index contributed by atoms with van der Waals surface area (Å²) >= 11 is 0. The lowest BCUT2D eigenvalue weighted by Gasteiger charge is -2.22. The maximum atomic E-state index is 13.3. The number of rotatable bonds is 4. The zero-order valence-electron chi connectivity index (χ0n) is 15.0. The lowest BCUT2D eigenvalue weighted by molar-refractivity contribution is 0.0960. The second-order valence-electron chi connectivity index (χ2n) is 6.56. The van der Waals surface area contributed by atoms with Gasteiger partial charge in [-0.3, -0.25) is 4.79 Å². The number of anilines is 1. The van der Waals surface area contributed by atoms with Gasteiger partial charge in [0.25, 0.3) is 5.91 Å². The van der Waals surface area contributed by atoms with E-state index in [-0.39, 0.29) is 12.7 Å². The Morgan fingerprint density at radius 3 is 2.50 bits per heavy atom. The van der Waals surface area contributed by atoms with E-state index in [0.29, 0.717) is 23.6 Å². The quantitative estimate of drug-likeness (QED) is 0.506. The molecule has 3 aromatic carbocycles. The number of carbonyl (C=O) groups excluding carboxylic acids is 1. The van der Waals surface area contributed by atoms with Crippen LogP contribution in [0.3, 0.4) is 0 Å². The van der Waals surface area contributed by atoms with Crippen LogP contribution in [0.5, 0.6) is 11.5 Å². The Hall–Kier alpha value is -3.73. The fourth-order valence-electron chi connectivity index (χ4n) is 3.33. The number of furan rings is 1. The molecule has 2 heterocycles. The van der Waals surface area contributed by atoms with Crippen LogP contribution >= 0.6 is 0 Å². The van der Waals surface area contributed by atoms with Crippen LogP contribution in [-0.2, 0) is 6.54 Å². The first-order valence-corrected chi connectivity index (χ1v) is 9.02. The molecule has 5 heteroatoms. The van der Waals surface area contributed by atoms with Crippen molar-refractivity contribution in [3.05, 3.63) is 90.2 Å². The highest BCUT2D eigenvalue weighted by molar-refractivity contribution is 6.06. The largest absolute Gasteiger partial charge is 0.454 e. The van der Waals surface area contributed by atoms with E-state index in [0.717, 1.165) is 22.4 Å². The summed E-state index contributed by atoms with van der Waals surface area (Å²) in [6.45, 7) is 0.607. The van der Waals surface area contributed by atoms with Crippen molar-refractivity contribution in [1.29, 1.82) is 0 Å². The van der Waals surface area contributed by atoms with Crippen LogP contribution in [0.15, 0.2) is 83.3 Å². The fraction of sp³-hybridized carbons (Fsp3) is 0.0870. The van der Waals surface area contributed by atoms with Crippen LogP contribution in [0.25, 0.3) is 11.0 Å². The van der Waals surface area contributed by atoms with Crippen molar-refractivity contribution < 1.29 is 18.7 Å². The third-order valence-corrected chi connectivity index (χ3v) is 4.73. The highest BCUT2D eigenvalue weighted by Gasteiger charge is 2.23. The summed E-state index contributed by atoms with van der Waals surface area (Å²) in [4.78, 5) is 15.0. The average molecular weight is 371 g/mol. The summed E-state index contributed by atoms with van der Waals surface area (Å²) in [5, 5.41) is 0.905. The predicted octanol–water partition coefficient (Wildman–Crippen LogP) is 5.01. The van der Waals surface area contributed by atoms with Crippen LogP contribution in [0, 0.1) is 0 Å². The summed E-state index contributed by atoms with van der Waals surface area (Å²) < 4.78 is 16.7. The number of amides is 1. The molecule has 5 rings (SSSR count). The molecule has 0 unspecified atom stereocenters. The maximum absolute atomic E-state index is 13.3. The molecule has 0 bridgehead atoms. The normalized spacial score (nSPS) is 12.3. The van der Waals surface area contributed by atoms with Gasteiger partial charge in [0.05, 0.1) is 6.54 Å². The summed E-state index contributed by atoms with van der Waals surface area (Å²) in [7, 11) is 0. The molecule has 0 N–H and O–H groups in total. The molecule has 1 amide bonds. The highest BCUT2D eigenvalue weighted by Crippen LogP contribution is 2.33. The Kier molecular flexibility index (Phi) is 3.98. The minimum absolute atomic E-state index is 0.194. The highest BCUT2D eigenvalue weighted by atomic mass is 16.7. The standard InChI is InChI=1S/C23H17NO4/c25-23(22-13-17-6-4-5-9-19(17)28-22)24(18-7-2-1-3-8-18)14-16-10-11-20-21(12-16)27-15-26-20/h1-13H,14-15H2. The smallest absolute Gasteiger partial charge is 0.294 e. The number of carbonyl (C=O) groups is 1. The number of ether oxygens (including phenoxy) is 2. The summed E-state index contributed by atoms with van der Waals surface area (Å²) in [6, 6.07) is 24.7. The molecule has 5 nitrogen and oxygen atoms in total. The number of hydrogen-bond acceptors (Lipinski definition) is 4. The average Bonchev–Trinajstić information content (AvgIpc) is 3.38. The zero-order chi connectivity index (χ0) is 18.9. The number of para-hydroxylation sites is 2. The number of fused-ring (bicyclic) bond motifs is 2. The van der Waals surface area contributed by atoms with E-state index in [1.165, 1.54) is 0 Å². The summed E-state index contributed by atoms with van der Waals surface area (Å²) in [5.41, 5.74) is 2.44. The van der Waals surface area contributed by atoms with Crippen molar-refractivity contribution in [2.75, 3.05) is 11.7 Å². The molecule has 4 aromatic rings. The van der Waals surface area contributed by atoms with E-state index in [1.807, 2.05) is 72.8 Å². The van der Waals surface area contributed by atoms with Crippen molar-refractivity contribution in [1.82, 2.24) is 0 Å². The van der Waals surface area contributed by atoms with Gasteiger partial charge >= 0.3 is 0 Å². The summed E-state index contributed by atoms with van der Waals surface area (Å²) in [6.07, 6.45) is 0. The van der Waals surface area contributed by atoms with E-state index >= 15 is 0 Å². The van der Waals surface area contributed by atoms with Crippen LogP contribution in [0.1, 0.15) is 16.1 Å². The fourth-order valence-corrected chi connectivity index (χ4v) is 3.33. The molecule has 0 atom stereocenters. The van der Waals surface area contributed by atoms with Crippen LogP contribution < -0.4 is 14.4 Å². The number of nitrogens with zero attached hydrogens (tertiary/aromatic N) is 1. The predicted molar refractivity (Wildman–Crippen MR) is 106 cm³/mol. The van der Waals surface area contributed by atoms with Gasteiger partial charge in [-0.25, -0.2) is 0 Å². The number of benzene rings is 3. The molecule has 0 radical (unpaired) electrons. The molecular weight excluding hydrogens is 354 g/mol. The lowest BCUT2D eigenvalue weighted by Crippen LogP contribution is -2.30.